The molecule has 3 atom stereocenters. The van der Waals surface area contributed by atoms with Gasteiger partial charge in [0.1, 0.15) is 11.5 Å². The molecule has 2 fully saturated rings. The van der Waals surface area contributed by atoms with E-state index in [0.717, 1.165) is 12.8 Å². The van der Waals surface area contributed by atoms with Crippen molar-refractivity contribution in [1.82, 2.24) is 10.3 Å². The number of hydrogen-bond acceptors (Lipinski definition) is 7. The maximum atomic E-state index is 14.1. The van der Waals surface area contributed by atoms with Crippen molar-refractivity contribution >= 4 is 40.1 Å². The number of amides is 1. The van der Waals surface area contributed by atoms with Crippen LogP contribution < -0.4 is 10.1 Å². The van der Waals surface area contributed by atoms with Crippen LogP contribution in [0.25, 0.3) is 10.9 Å². The molecule has 2 N–H and O–H groups in total. The van der Waals surface area contributed by atoms with Crippen molar-refractivity contribution < 1.29 is 46.6 Å². The number of aromatic amines is 1. The van der Waals surface area contributed by atoms with Crippen LogP contribution in [0.1, 0.15) is 101 Å². The number of rotatable bonds is 14. The van der Waals surface area contributed by atoms with Gasteiger partial charge in [-0.3, -0.25) is 24.0 Å². The summed E-state index contributed by atoms with van der Waals surface area (Å²) in [6.07, 6.45) is -2.25. The SMILES string of the molecule is COc1cccc2[nH]c(C(=O)C[C@@H](CC(C)C)C(=O)N[C@@H](C[C@@H]3CCCCC3=O)C(=O)COC(=O)C3(C(F)(F)F)CCCCC3)cc12. The number of alkyl halides is 3. The number of methoxy groups -OCH3 is 1. The first kappa shape index (κ1) is 36.1. The molecule has 0 spiro atoms. The first-order chi connectivity index (χ1) is 22.3. The van der Waals surface area contributed by atoms with E-state index in [9.17, 15) is 37.1 Å². The van der Waals surface area contributed by atoms with Crippen LogP contribution in [0.2, 0.25) is 0 Å². The summed E-state index contributed by atoms with van der Waals surface area (Å²) in [6, 6.07) is 5.73. The summed E-state index contributed by atoms with van der Waals surface area (Å²) in [4.78, 5) is 69.2. The van der Waals surface area contributed by atoms with Gasteiger partial charge in [0.05, 0.1) is 18.8 Å². The summed E-state index contributed by atoms with van der Waals surface area (Å²) < 4.78 is 52.6. The zero-order valence-electron chi connectivity index (χ0n) is 27.3. The number of H-pyrrole nitrogens is 1. The lowest BCUT2D eigenvalue weighted by molar-refractivity contribution is -0.242. The number of fused-ring (bicyclic) bond motifs is 1. The van der Waals surface area contributed by atoms with Crippen molar-refractivity contribution in [3.8, 4) is 5.75 Å². The molecule has 2 aliphatic rings. The summed E-state index contributed by atoms with van der Waals surface area (Å²) >= 11 is 0. The van der Waals surface area contributed by atoms with Crippen LogP contribution in [0.4, 0.5) is 13.2 Å². The molecule has 0 aliphatic heterocycles. The summed E-state index contributed by atoms with van der Waals surface area (Å²) in [7, 11) is 1.52. The summed E-state index contributed by atoms with van der Waals surface area (Å²) in [5.41, 5.74) is -1.69. The molecule has 4 rings (SSSR count). The van der Waals surface area contributed by atoms with E-state index in [1.165, 1.54) is 7.11 Å². The fourth-order valence-corrected chi connectivity index (χ4v) is 6.92. The molecule has 1 amide bonds. The van der Waals surface area contributed by atoms with E-state index in [1.807, 2.05) is 13.8 Å². The summed E-state index contributed by atoms with van der Waals surface area (Å²) in [6.45, 7) is 2.82. The number of carbonyl (C=O) groups excluding carboxylic acids is 5. The number of halogens is 3. The van der Waals surface area contributed by atoms with Crippen molar-refractivity contribution in [1.29, 1.82) is 0 Å². The van der Waals surface area contributed by atoms with E-state index in [-0.39, 0.29) is 43.2 Å². The first-order valence-electron chi connectivity index (χ1n) is 16.5. The Hall–Kier alpha value is -3.70. The minimum Gasteiger partial charge on any atom is -0.496 e. The third-order valence-electron chi connectivity index (χ3n) is 9.60. The number of hydrogen-bond donors (Lipinski definition) is 2. The minimum absolute atomic E-state index is 0.00504. The molecule has 2 aromatic rings. The maximum Gasteiger partial charge on any atom is 0.404 e. The summed E-state index contributed by atoms with van der Waals surface area (Å²) in [5.74, 6) is -4.04. The molecule has 2 aliphatic carbocycles. The van der Waals surface area contributed by atoms with E-state index in [0.29, 0.717) is 48.0 Å². The van der Waals surface area contributed by atoms with Crippen LogP contribution in [0.15, 0.2) is 24.3 Å². The average Bonchev–Trinajstić information content (AvgIpc) is 3.48. The smallest absolute Gasteiger partial charge is 0.404 e. The monoisotopic (exact) mass is 662 g/mol. The number of ether oxygens (including phenoxy) is 2. The van der Waals surface area contributed by atoms with Gasteiger partial charge in [-0.2, -0.15) is 13.2 Å². The number of ketones is 3. The van der Waals surface area contributed by atoms with E-state index in [1.54, 1.807) is 24.3 Å². The van der Waals surface area contributed by atoms with Gasteiger partial charge in [0.25, 0.3) is 0 Å². The van der Waals surface area contributed by atoms with Crippen LogP contribution in [0.3, 0.4) is 0 Å². The highest BCUT2D eigenvalue weighted by Crippen LogP contribution is 2.49. The number of aromatic nitrogens is 1. The molecule has 0 radical (unpaired) electrons. The largest absolute Gasteiger partial charge is 0.496 e. The topological polar surface area (TPSA) is 132 Å². The van der Waals surface area contributed by atoms with Crippen molar-refractivity contribution in [3.63, 3.8) is 0 Å². The van der Waals surface area contributed by atoms with Crippen LogP contribution >= 0.6 is 0 Å². The second-order valence-electron chi connectivity index (χ2n) is 13.4. The standard InChI is InChI=1S/C35H45F3N2O7/c1-21(2)16-23(18-29(42)27-19-24-25(39-27)11-9-13-31(24)46-3)32(44)40-26(17-22-10-5-6-12-28(22)41)30(43)20-47-33(45)34(35(36,37)38)14-7-4-8-15-34/h9,11,13,19,21-23,26,39H,4-8,10,12,14-18,20H2,1-3H3,(H,40,44)/t22-,23+,26-/m0/s1. The number of Topliss-reactive ketones (excluding diaryl/α,β-unsaturated/α-hetero) is 3. The number of benzene rings is 1. The lowest BCUT2D eigenvalue weighted by Gasteiger charge is -2.36. The van der Waals surface area contributed by atoms with Crippen molar-refractivity contribution in [2.24, 2.45) is 23.2 Å². The highest BCUT2D eigenvalue weighted by molar-refractivity contribution is 6.02. The molecule has 12 heteroatoms. The predicted molar refractivity (Wildman–Crippen MR) is 168 cm³/mol. The Kier molecular flexibility index (Phi) is 11.9. The van der Waals surface area contributed by atoms with Gasteiger partial charge in [-0.1, -0.05) is 45.6 Å². The van der Waals surface area contributed by atoms with E-state index in [2.05, 4.69) is 10.3 Å². The quantitative estimate of drug-likeness (QED) is 0.171. The highest BCUT2D eigenvalue weighted by atomic mass is 19.4. The van der Waals surface area contributed by atoms with Gasteiger partial charge in [-0.05, 0) is 62.6 Å². The van der Waals surface area contributed by atoms with Gasteiger partial charge in [-0.15, -0.1) is 0 Å². The molecule has 1 aromatic heterocycles. The van der Waals surface area contributed by atoms with Crippen molar-refractivity contribution in [3.05, 3.63) is 30.0 Å². The zero-order valence-corrected chi connectivity index (χ0v) is 27.3. The molecule has 258 valence electrons. The molecule has 0 bridgehead atoms. The molecule has 2 saturated carbocycles. The van der Waals surface area contributed by atoms with Crippen LogP contribution in [0, 0.1) is 23.2 Å². The van der Waals surface area contributed by atoms with Crippen molar-refractivity contribution in [2.75, 3.05) is 13.7 Å². The third-order valence-corrected chi connectivity index (χ3v) is 9.60. The van der Waals surface area contributed by atoms with Crippen LogP contribution in [-0.4, -0.2) is 60.1 Å². The molecule has 0 unspecified atom stereocenters. The molecule has 1 heterocycles. The Balaban J connectivity index is 1.51. The second kappa shape index (κ2) is 15.5. The Bertz CT molecular complexity index is 1460. The maximum absolute atomic E-state index is 14.1. The average molecular weight is 663 g/mol. The van der Waals surface area contributed by atoms with Crippen LogP contribution in [0.5, 0.6) is 5.75 Å². The summed E-state index contributed by atoms with van der Waals surface area (Å²) in [5, 5.41) is 3.41. The van der Waals surface area contributed by atoms with Gasteiger partial charge < -0.3 is 19.8 Å². The number of carbonyl (C=O) groups is 5. The minimum atomic E-state index is -4.83. The van der Waals surface area contributed by atoms with Gasteiger partial charge in [-0.25, -0.2) is 0 Å². The molecular formula is C35H45F3N2O7. The fraction of sp³-hybridized carbons (Fsp3) is 0.629. The second-order valence-corrected chi connectivity index (χ2v) is 13.4. The molecule has 9 nitrogen and oxygen atoms in total. The highest BCUT2D eigenvalue weighted by Gasteiger charge is 2.61. The number of esters is 1. The Morgan fingerprint density at radius 2 is 1.79 bits per heavy atom. The third kappa shape index (κ3) is 8.61. The molecule has 1 aromatic carbocycles. The van der Waals surface area contributed by atoms with E-state index < -0.39 is 66.6 Å². The number of nitrogens with one attached hydrogen (secondary N) is 2. The van der Waals surface area contributed by atoms with Gasteiger partial charge in [0.15, 0.2) is 23.6 Å². The zero-order chi connectivity index (χ0) is 34.4. The van der Waals surface area contributed by atoms with Gasteiger partial charge >= 0.3 is 12.1 Å². The van der Waals surface area contributed by atoms with Crippen LogP contribution in [-0.2, 0) is 23.9 Å². The lowest BCUT2D eigenvalue weighted by atomic mass is 9.73. The Morgan fingerprint density at radius 1 is 1.06 bits per heavy atom. The predicted octanol–water partition coefficient (Wildman–Crippen LogP) is 6.67. The lowest BCUT2D eigenvalue weighted by Crippen LogP contribution is -2.50. The molecule has 47 heavy (non-hydrogen) atoms. The van der Waals surface area contributed by atoms with Gasteiger partial charge in [0, 0.05) is 35.6 Å². The fourth-order valence-electron chi connectivity index (χ4n) is 6.92. The van der Waals surface area contributed by atoms with Crippen molar-refractivity contribution in [2.45, 2.75) is 103 Å². The first-order valence-corrected chi connectivity index (χ1v) is 16.5. The van der Waals surface area contributed by atoms with E-state index >= 15 is 0 Å². The van der Waals surface area contributed by atoms with E-state index in [4.69, 9.17) is 9.47 Å². The molecular weight excluding hydrogens is 617 g/mol. The Morgan fingerprint density at radius 3 is 2.43 bits per heavy atom. The van der Waals surface area contributed by atoms with Gasteiger partial charge in [0.2, 0.25) is 5.91 Å². The normalized spacial score (nSPS) is 19.6. The Labute approximate surface area is 272 Å². The molecule has 0 saturated heterocycles.